The van der Waals surface area contributed by atoms with Crippen molar-refractivity contribution in [3.8, 4) is 0 Å². The van der Waals surface area contributed by atoms with Gasteiger partial charge in [0.1, 0.15) is 0 Å². The lowest BCUT2D eigenvalue weighted by molar-refractivity contribution is 0.265. The van der Waals surface area contributed by atoms with Crippen molar-refractivity contribution in [3.05, 3.63) is 29.6 Å². The summed E-state index contributed by atoms with van der Waals surface area (Å²) < 4.78 is 0. The van der Waals surface area contributed by atoms with E-state index in [2.05, 4.69) is 49.2 Å². The van der Waals surface area contributed by atoms with Crippen molar-refractivity contribution in [1.82, 2.24) is 15.2 Å². The molecule has 0 spiro atoms. The van der Waals surface area contributed by atoms with Crippen LogP contribution >= 0.6 is 0 Å². The standard InChI is InChI=1S/C16H27N3/c1-4-19(11-14-8-9-14)12-16-7-5-6-15(18-16)10-17-13(2)3/h5-7,13-14,17H,4,8-12H2,1-3H3. The van der Waals surface area contributed by atoms with Crippen LogP contribution in [0.4, 0.5) is 0 Å². The molecule has 1 heterocycles. The first-order valence-corrected chi connectivity index (χ1v) is 7.58. The fourth-order valence-corrected chi connectivity index (χ4v) is 2.22. The second kappa shape index (κ2) is 7.01. The minimum absolute atomic E-state index is 0.507. The number of nitrogens with one attached hydrogen (secondary N) is 1. The molecule has 1 fully saturated rings. The predicted molar refractivity (Wildman–Crippen MR) is 79.9 cm³/mol. The van der Waals surface area contributed by atoms with Gasteiger partial charge in [0, 0.05) is 25.7 Å². The van der Waals surface area contributed by atoms with E-state index >= 15 is 0 Å². The van der Waals surface area contributed by atoms with Gasteiger partial charge in [0.2, 0.25) is 0 Å². The maximum absolute atomic E-state index is 4.76. The zero-order chi connectivity index (χ0) is 13.7. The number of rotatable bonds is 8. The maximum Gasteiger partial charge on any atom is 0.0547 e. The van der Waals surface area contributed by atoms with Crippen LogP contribution in [0, 0.1) is 5.92 Å². The molecule has 2 rings (SSSR count). The van der Waals surface area contributed by atoms with Gasteiger partial charge in [-0.3, -0.25) is 9.88 Å². The van der Waals surface area contributed by atoms with Crippen molar-refractivity contribution < 1.29 is 0 Å². The third kappa shape index (κ3) is 5.29. The second-order valence-electron chi connectivity index (χ2n) is 5.93. The number of aromatic nitrogens is 1. The first-order chi connectivity index (χ1) is 9.17. The molecule has 0 aliphatic heterocycles. The molecule has 3 nitrogen and oxygen atoms in total. The van der Waals surface area contributed by atoms with Crippen molar-refractivity contribution in [3.63, 3.8) is 0 Å². The summed E-state index contributed by atoms with van der Waals surface area (Å²) in [5.41, 5.74) is 2.35. The predicted octanol–water partition coefficient (Wildman–Crippen LogP) is 2.81. The topological polar surface area (TPSA) is 28.2 Å². The third-order valence-electron chi connectivity index (χ3n) is 3.60. The van der Waals surface area contributed by atoms with Crippen LogP contribution in [-0.2, 0) is 13.1 Å². The Labute approximate surface area is 117 Å². The summed E-state index contributed by atoms with van der Waals surface area (Å²) in [7, 11) is 0. The molecule has 0 saturated heterocycles. The monoisotopic (exact) mass is 261 g/mol. The van der Waals surface area contributed by atoms with Gasteiger partial charge in [-0.15, -0.1) is 0 Å². The van der Waals surface area contributed by atoms with Crippen LogP contribution in [0.1, 0.15) is 45.0 Å². The summed E-state index contributed by atoms with van der Waals surface area (Å²) in [6.45, 7) is 10.8. The largest absolute Gasteiger partial charge is 0.309 e. The Hall–Kier alpha value is -0.930. The van der Waals surface area contributed by atoms with Gasteiger partial charge in [0.15, 0.2) is 0 Å². The van der Waals surface area contributed by atoms with Gasteiger partial charge in [-0.2, -0.15) is 0 Å². The van der Waals surface area contributed by atoms with E-state index in [4.69, 9.17) is 4.98 Å². The fourth-order valence-electron chi connectivity index (χ4n) is 2.22. The Morgan fingerprint density at radius 1 is 1.32 bits per heavy atom. The molecule has 1 aliphatic carbocycles. The van der Waals surface area contributed by atoms with E-state index in [0.29, 0.717) is 6.04 Å². The van der Waals surface area contributed by atoms with Gasteiger partial charge in [0.05, 0.1) is 11.4 Å². The van der Waals surface area contributed by atoms with E-state index < -0.39 is 0 Å². The molecule has 106 valence electrons. The molecular weight excluding hydrogens is 234 g/mol. The van der Waals surface area contributed by atoms with Crippen molar-refractivity contribution in [2.45, 2.75) is 52.7 Å². The molecule has 3 heteroatoms. The Bertz CT molecular complexity index is 385. The molecule has 0 atom stereocenters. The van der Waals surface area contributed by atoms with E-state index in [1.807, 2.05) is 0 Å². The third-order valence-corrected chi connectivity index (χ3v) is 3.60. The molecule has 1 aromatic heterocycles. The summed E-state index contributed by atoms with van der Waals surface area (Å²) in [4.78, 5) is 7.27. The first kappa shape index (κ1) is 14.5. The number of nitrogens with zero attached hydrogens (tertiary/aromatic N) is 2. The average molecular weight is 261 g/mol. The number of hydrogen-bond acceptors (Lipinski definition) is 3. The normalized spacial score (nSPS) is 15.4. The summed E-state index contributed by atoms with van der Waals surface area (Å²) in [6.07, 6.45) is 2.84. The van der Waals surface area contributed by atoms with E-state index in [1.54, 1.807) is 0 Å². The van der Waals surface area contributed by atoms with Gasteiger partial charge >= 0.3 is 0 Å². The van der Waals surface area contributed by atoms with Crippen LogP contribution in [0.15, 0.2) is 18.2 Å². The molecule has 1 saturated carbocycles. The molecule has 0 bridgehead atoms. The Kier molecular flexibility index (Phi) is 5.34. The minimum Gasteiger partial charge on any atom is -0.309 e. The lowest BCUT2D eigenvalue weighted by Gasteiger charge is -2.20. The van der Waals surface area contributed by atoms with E-state index in [9.17, 15) is 0 Å². The summed E-state index contributed by atoms with van der Waals surface area (Å²) in [5.74, 6) is 0.950. The van der Waals surface area contributed by atoms with Crippen molar-refractivity contribution >= 4 is 0 Å². The van der Waals surface area contributed by atoms with Gasteiger partial charge < -0.3 is 5.32 Å². The summed E-state index contributed by atoms with van der Waals surface area (Å²) in [5, 5.41) is 3.42. The highest BCUT2D eigenvalue weighted by atomic mass is 15.1. The van der Waals surface area contributed by atoms with Crippen molar-refractivity contribution in [2.24, 2.45) is 5.92 Å². The van der Waals surface area contributed by atoms with Crippen LogP contribution in [0.3, 0.4) is 0 Å². The van der Waals surface area contributed by atoms with Gasteiger partial charge in [-0.05, 0) is 37.4 Å². The number of hydrogen-bond donors (Lipinski definition) is 1. The van der Waals surface area contributed by atoms with Crippen molar-refractivity contribution in [2.75, 3.05) is 13.1 Å². The van der Waals surface area contributed by atoms with E-state index in [-0.39, 0.29) is 0 Å². The molecule has 1 aliphatic rings. The lowest BCUT2D eigenvalue weighted by Crippen LogP contribution is -2.26. The highest BCUT2D eigenvalue weighted by Gasteiger charge is 2.23. The quantitative estimate of drug-likeness (QED) is 0.780. The molecule has 0 radical (unpaired) electrons. The molecule has 0 unspecified atom stereocenters. The Morgan fingerprint density at radius 3 is 2.68 bits per heavy atom. The zero-order valence-electron chi connectivity index (χ0n) is 12.5. The molecule has 0 aromatic carbocycles. The van der Waals surface area contributed by atoms with Crippen LogP contribution in [0.2, 0.25) is 0 Å². The molecule has 1 aromatic rings. The Morgan fingerprint density at radius 2 is 2.05 bits per heavy atom. The van der Waals surface area contributed by atoms with Crippen LogP contribution in [0.5, 0.6) is 0 Å². The lowest BCUT2D eigenvalue weighted by atomic mass is 10.2. The first-order valence-electron chi connectivity index (χ1n) is 7.58. The SMILES string of the molecule is CCN(Cc1cccc(CNC(C)C)n1)CC1CC1. The second-order valence-corrected chi connectivity index (χ2v) is 5.93. The van der Waals surface area contributed by atoms with Gasteiger partial charge in [0.25, 0.3) is 0 Å². The number of pyridine rings is 1. The van der Waals surface area contributed by atoms with Crippen LogP contribution in [0.25, 0.3) is 0 Å². The fraction of sp³-hybridized carbons (Fsp3) is 0.688. The summed E-state index contributed by atoms with van der Waals surface area (Å²) >= 11 is 0. The molecular formula is C16H27N3. The Balaban J connectivity index is 1.89. The minimum atomic E-state index is 0.507. The van der Waals surface area contributed by atoms with Crippen LogP contribution in [-0.4, -0.2) is 29.0 Å². The highest BCUT2D eigenvalue weighted by Crippen LogP contribution is 2.29. The van der Waals surface area contributed by atoms with Crippen LogP contribution < -0.4 is 5.32 Å². The van der Waals surface area contributed by atoms with Gasteiger partial charge in [-0.1, -0.05) is 26.8 Å². The van der Waals surface area contributed by atoms with Crippen molar-refractivity contribution in [1.29, 1.82) is 0 Å². The molecule has 1 N–H and O–H groups in total. The molecule has 19 heavy (non-hydrogen) atoms. The summed E-state index contributed by atoms with van der Waals surface area (Å²) in [6, 6.07) is 6.89. The van der Waals surface area contributed by atoms with Gasteiger partial charge in [-0.25, -0.2) is 0 Å². The maximum atomic E-state index is 4.76. The highest BCUT2D eigenvalue weighted by molar-refractivity contribution is 5.11. The zero-order valence-corrected chi connectivity index (χ0v) is 12.5. The van der Waals surface area contributed by atoms with E-state index in [1.165, 1.54) is 25.1 Å². The molecule has 0 amide bonds. The average Bonchev–Trinajstić information content (AvgIpc) is 3.20. The smallest absolute Gasteiger partial charge is 0.0547 e. The van der Waals surface area contributed by atoms with E-state index in [0.717, 1.165) is 31.2 Å².